The van der Waals surface area contributed by atoms with Crippen LogP contribution >= 0.6 is 0 Å². The number of piperazine rings is 1. The van der Waals surface area contributed by atoms with Gasteiger partial charge in [-0.3, -0.25) is 14.6 Å². The molecule has 0 aliphatic carbocycles. The third kappa shape index (κ3) is 9.76. The molecule has 0 bridgehead atoms. The van der Waals surface area contributed by atoms with Crippen LogP contribution in [0.15, 0.2) is 48.7 Å². The topological polar surface area (TPSA) is 125 Å². The number of ether oxygens (including phenoxy) is 3. The Bertz CT molecular complexity index is 2010. The van der Waals surface area contributed by atoms with Gasteiger partial charge in [-0.25, -0.2) is 4.68 Å². The van der Waals surface area contributed by atoms with E-state index < -0.39 is 8.07 Å². The molecule has 3 aliphatic rings. The van der Waals surface area contributed by atoms with E-state index in [1.807, 2.05) is 41.2 Å². The second-order valence-electron chi connectivity index (χ2n) is 16.9. The van der Waals surface area contributed by atoms with E-state index in [9.17, 15) is 10.1 Å². The van der Waals surface area contributed by atoms with Gasteiger partial charge in [0.2, 0.25) is 0 Å². The highest BCUT2D eigenvalue weighted by Gasteiger charge is 2.34. The van der Waals surface area contributed by atoms with Crippen molar-refractivity contribution in [1.82, 2.24) is 34.4 Å². The molecule has 2 fully saturated rings. The number of likely N-dealkylation sites (N-methyl/N-ethyl adjacent to an activating group) is 1. The molecule has 2 atom stereocenters. The van der Waals surface area contributed by atoms with Gasteiger partial charge in [0.1, 0.15) is 25.8 Å². The fourth-order valence-corrected chi connectivity index (χ4v) is 8.76. The van der Waals surface area contributed by atoms with Crippen LogP contribution in [-0.4, -0.2) is 114 Å². The number of hydrogen-bond donors (Lipinski definition) is 0. The van der Waals surface area contributed by atoms with Gasteiger partial charge >= 0.3 is 12.0 Å². The standard InChI is InChI=1S/C42H57N9O4Si/c1-31-13-14-39-35(22-44-51(39)30-53-20-21-56(3,4)5)36(31)24-48-25-37-38(26-48)45-42(55-29-34-12-9-17-47(34)2)46-41(37)50-19-18-49(33(23-50)15-16-43)27-40(52)54-28-32-10-7-6-8-11-32/h6-8,10-11,13-14,22,33-34H,9,12,15,17-21,23-30H2,1-5H3/t33-,34-/m0/s1. The smallest absolute Gasteiger partial charge is 0.320 e. The van der Waals surface area contributed by atoms with E-state index in [4.69, 9.17) is 29.3 Å². The molecule has 13 nitrogen and oxygen atoms in total. The first-order valence-electron chi connectivity index (χ1n) is 20.1. The van der Waals surface area contributed by atoms with Crippen LogP contribution in [0.4, 0.5) is 5.82 Å². The summed E-state index contributed by atoms with van der Waals surface area (Å²) in [5.74, 6) is 0.571. The molecule has 5 heterocycles. The second kappa shape index (κ2) is 17.8. The lowest BCUT2D eigenvalue weighted by atomic mass is 10.0. The highest BCUT2D eigenvalue weighted by atomic mass is 28.3. The maximum atomic E-state index is 13.0. The van der Waals surface area contributed by atoms with Gasteiger partial charge in [-0.1, -0.05) is 56.0 Å². The third-order valence-corrected chi connectivity index (χ3v) is 13.2. The SMILES string of the molecule is Cc1ccc2c(cnn2COCC[Si](C)(C)C)c1CN1Cc2nc(OC[C@@H]3CCCN3C)nc(N3CCN(CC(=O)OCc4ccccc4)[C@@H](CC#N)C3)c2C1. The Hall–Kier alpha value is -4.39. The van der Waals surface area contributed by atoms with Crippen molar-refractivity contribution in [2.24, 2.45) is 0 Å². The Labute approximate surface area is 332 Å². The Kier molecular flexibility index (Phi) is 12.7. The van der Waals surface area contributed by atoms with E-state index in [2.05, 4.69) is 71.4 Å². The molecule has 298 valence electrons. The Balaban J connectivity index is 1.08. The van der Waals surface area contributed by atoms with Crippen molar-refractivity contribution in [1.29, 1.82) is 5.26 Å². The molecule has 0 amide bonds. The first-order chi connectivity index (χ1) is 27.0. The van der Waals surface area contributed by atoms with Crippen molar-refractivity contribution >= 4 is 30.8 Å². The fourth-order valence-electron chi connectivity index (χ4n) is 8.01. The Morgan fingerprint density at radius 1 is 1.04 bits per heavy atom. The number of nitrogens with zero attached hydrogens (tertiary/aromatic N) is 9. The van der Waals surface area contributed by atoms with E-state index in [0.717, 1.165) is 72.1 Å². The summed E-state index contributed by atoms with van der Waals surface area (Å²) in [6.45, 7) is 16.4. The van der Waals surface area contributed by atoms with Crippen LogP contribution in [0.25, 0.3) is 10.9 Å². The van der Waals surface area contributed by atoms with Crippen LogP contribution in [0.2, 0.25) is 25.7 Å². The number of nitriles is 1. The molecular formula is C42H57N9O4Si. The van der Waals surface area contributed by atoms with Gasteiger partial charge in [0.05, 0.1) is 36.4 Å². The summed E-state index contributed by atoms with van der Waals surface area (Å²) in [6, 6.07) is 18.1. The second-order valence-corrected chi connectivity index (χ2v) is 22.5. The maximum Gasteiger partial charge on any atom is 0.320 e. The van der Waals surface area contributed by atoms with Crippen LogP contribution in [0, 0.1) is 18.3 Å². The van der Waals surface area contributed by atoms with Gasteiger partial charge < -0.3 is 24.0 Å². The maximum absolute atomic E-state index is 13.0. The summed E-state index contributed by atoms with van der Waals surface area (Å²) < 4.78 is 20.0. The van der Waals surface area contributed by atoms with Crippen LogP contribution in [0.3, 0.4) is 0 Å². The van der Waals surface area contributed by atoms with Gasteiger partial charge in [-0.05, 0) is 62.2 Å². The minimum Gasteiger partial charge on any atom is -0.462 e. The number of carbonyl (C=O) groups is 1. The first kappa shape index (κ1) is 39.8. The quantitative estimate of drug-likeness (QED) is 0.0801. The van der Waals surface area contributed by atoms with Gasteiger partial charge in [0.25, 0.3) is 0 Å². The molecule has 56 heavy (non-hydrogen) atoms. The van der Waals surface area contributed by atoms with Crippen molar-refractivity contribution in [3.63, 3.8) is 0 Å². The van der Waals surface area contributed by atoms with E-state index in [1.54, 1.807) is 0 Å². The average Bonchev–Trinajstić information content (AvgIpc) is 3.91. The van der Waals surface area contributed by atoms with Crippen molar-refractivity contribution < 1.29 is 19.0 Å². The summed E-state index contributed by atoms with van der Waals surface area (Å²) in [7, 11) is 0.973. The monoisotopic (exact) mass is 779 g/mol. The molecule has 14 heteroatoms. The summed E-state index contributed by atoms with van der Waals surface area (Å²) >= 11 is 0. The molecule has 0 spiro atoms. The van der Waals surface area contributed by atoms with Crippen molar-refractivity contribution in [2.45, 2.75) is 96.9 Å². The molecule has 7 rings (SSSR count). The van der Waals surface area contributed by atoms with Crippen LogP contribution in [-0.2, 0) is 47.2 Å². The predicted octanol–water partition coefficient (Wildman–Crippen LogP) is 5.58. The van der Waals surface area contributed by atoms with Gasteiger partial charge in [-0.15, -0.1) is 0 Å². The highest BCUT2D eigenvalue weighted by molar-refractivity contribution is 6.76. The zero-order chi connectivity index (χ0) is 39.2. The lowest BCUT2D eigenvalue weighted by Crippen LogP contribution is -2.55. The molecule has 0 N–H and O–H groups in total. The summed E-state index contributed by atoms with van der Waals surface area (Å²) in [4.78, 5) is 32.2. The predicted molar refractivity (Wildman–Crippen MR) is 219 cm³/mol. The fraction of sp³-hybridized carbons (Fsp3) is 0.548. The van der Waals surface area contributed by atoms with Crippen LogP contribution in [0.5, 0.6) is 6.01 Å². The van der Waals surface area contributed by atoms with Crippen molar-refractivity contribution in [3.8, 4) is 12.1 Å². The molecule has 2 aromatic carbocycles. The number of aromatic nitrogens is 4. The number of rotatable bonds is 16. The van der Waals surface area contributed by atoms with Crippen LogP contribution in [0.1, 0.15) is 47.2 Å². The molecule has 0 saturated carbocycles. The van der Waals surface area contributed by atoms with Gasteiger partial charge in [-0.2, -0.15) is 20.3 Å². The van der Waals surface area contributed by atoms with E-state index in [-0.39, 0.29) is 25.2 Å². The van der Waals surface area contributed by atoms with Gasteiger partial charge in [0.15, 0.2) is 0 Å². The molecule has 4 aromatic rings. The summed E-state index contributed by atoms with van der Waals surface area (Å²) in [5.41, 5.74) is 6.57. The van der Waals surface area contributed by atoms with E-state index in [0.29, 0.717) is 64.5 Å². The number of anilines is 1. The minimum absolute atomic E-state index is 0.137. The number of aryl methyl sites for hydroxylation is 1. The normalized spacial score (nSPS) is 19.4. The Morgan fingerprint density at radius 3 is 2.64 bits per heavy atom. The Morgan fingerprint density at radius 2 is 1.88 bits per heavy atom. The molecule has 3 aliphatic heterocycles. The molecular weight excluding hydrogens is 723 g/mol. The summed E-state index contributed by atoms with van der Waals surface area (Å²) in [5, 5.41) is 15.7. The number of fused-ring (bicyclic) bond motifs is 2. The lowest BCUT2D eigenvalue weighted by molar-refractivity contribution is -0.147. The van der Waals surface area contributed by atoms with Gasteiger partial charge in [0, 0.05) is 77.0 Å². The number of likely N-dealkylation sites (tertiary alicyclic amines) is 1. The molecule has 0 radical (unpaired) electrons. The van der Waals surface area contributed by atoms with Crippen molar-refractivity contribution in [2.75, 3.05) is 57.9 Å². The number of carbonyl (C=O) groups excluding carboxylic acids is 1. The van der Waals surface area contributed by atoms with Crippen LogP contribution < -0.4 is 9.64 Å². The first-order valence-corrected chi connectivity index (χ1v) is 23.8. The number of hydrogen-bond acceptors (Lipinski definition) is 12. The zero-order valence-electron chi connectivity index (χ0n) is 33.7. The number of benzene rings is 2. The van der Waals surface area contributed by atoms with E-state index in [1.165, 1.54) is 11.1 Å². The lowest BCUT2D eigenvalue weighted by Gasteiger charge is -2.41. The molecule has 2 aromatic heterocycles. The zero-order valence-corrected chi connectivity index (χ0v) is 34.7. The third-order valence-electron chi connectivity index (χ3n) is 11.5. The molecule has 2 saturated heterocycles. The van der Waals surface area contributed by atoms with E-state index >= 15 is 0 Å². The number of esters is 1. The minimum atomic E-state index is -1.17. The molecule has 0 unspecified atom stereocenters. The average molecular weight is 780 g/mol. The summed E-state index contributed by atoms with van der Waals surface area (Å²) in [6.07, 6.45) is 4.53. The largest absolute Gasteiger partial charge is 0.462 e. The van der Waals surface area contributed by atoms with Crippen molar-refractivity contribution in [3.05, 3.63) is 76.6 Å². The highest BCUT2D eigenvalue weighted by Crippen LogP contribution is 2.35.